The van der Waals surface area contributed by atoms with Gasteiger partial charge in [-0.05, 0) is 35.8 Å². The Kier molecular flexibility index (Phi) is 4.27. The zero-order valence-corrected chi connectivity index (χ0v) is 15.2. The number of rotatable bonds is 4. The van der Waals surface area contributed by atoms with Crippen molar-refractivity contribution in [2.45, 2.75) is 18.1 Å². The molecule has 0 bridgehead atoms. The number of benzene rings is 2. The van der Waals surface area contributed by atoms with E-state index < -0.39 is 11.2 Å². The van der Waals surface area contributed by atoms with Gasteiger partial charge in [0.25, 0.3) is 0 Å². The molecule has 1 atom stereocenters. The van der Waals surface area contributed by atoms with Gasteiger partial charge in [-0.1, -0.05) is 85.0 Å². The molecular weight excluding hydrogens is 330 g/mol. The topological polar surface area (TPSA) is 47.9 Å². The Bertz CT molecular complexity index is 951. The Labute approximate surface area is 160 Å². The molecular formula is C24H21N3. The van der Waals surface area contributed by atoms with Crippen molar-refractivity contribution in [3.05, 3.63) is 120 Å². The van der Waals surface area contributed by atoms with Gasteiger partial charge < -0.3 is 5.32 Å². The molecule has 2 aromatic rings. The average Bonchev–Trinajstić information content (AvgIpc) is 2.92. The molecule has 1 aliphatic heterocycles. The molecule has 4 rings (SSSR count). The van der Waals surface area contributed by atoms with Crippen LogP contribution in [0.4, 0.5) is 0 Å². The molecule has 2 aliphatic rings. The molecule has 0 amide bonds. The summed E-state index contributed by atoms with van der Waals surface area (Å²) in [7, 11) is 0. The van der Waals surface area contributed by atoms with Crippen molar-refractivity contribution in [2.75, 3.05) is 0 Å². The quantitative estimate of drug-likeness (QED) is 0.863. The highest BCUT2D eigenvalue weighted by atomic mass is 15.2. The highest BCUT2D eigenvalue weighted by molar-refractivity contribution is 5.54. The van der Waals surface area contributed by atoms with Gasteiger partial charge in [0.1, 0.15) is 6.07 Å². The van der Waals surface area contributed by atoms with E-state index in [0.717, 1.165) is 22.4 Å². The fraction of sp³-hybridized carbons (Fsp3) is 0.125. The van der Waals surface area contributed by atoms with Crippen LogP contribution in [0, 0.1) is 11.3 Å². The Morgan fingerprint density at radius 3 is 2.15 bits per heavy atom. The van der Waals surface area contributed by atoms with Gasteiger partial charge in [-0.2, -0.15) is 5.26 Å². The third-order valence-electron chi connectivity index (χ3n) is 5.10. The van der Waals surface area contributed by atoms with Gasteiger partial charge in [0.2, 0.25) is 0 Å². The molecule has 27 heavy (non-hydrogen) atoms. The van der Waals surface area contributed by atoms with E-state index in [0.29, 0.717) is 0 Å². The van der Waals surface area contributed by atoms with E-state index in [1.54, 1.807) is 0 Å². The maximum Gasteiger partial charge on any atom is 0.199 e. The second-order valence-corrected chi connectivity index (χ2v) is 6.95. The summed E-state index contributed by atoms with van der Waals surface area (Å²) in [6, 6.07) is 22.9. The summed E-state index contributed by atoms with van der Waals surface area (Å²) >= 11 is 0. The minimum absolute atomic E-state index is 0.550. The first-order chi connectivity index (χ1) is 13.2. The van der Waals surface area contributed by atoms with Gasteiger partial charge in [-0.3, -0.25) is 5.32 Å². The van der Waals surface area contributed by atoms with E-state index in [2.05, 4.69) is 47.9 Å². The third-order valence-corrected chi connectivity index (χ3v) is 5.10. The molecule has 0 fully saturated rings. The lowest BCUT2D eigenvalue weighted by molar-refractivity contribution is 0.330. The Hall–Kier alpha value is -3.35. The number of nitrogens with one attached hydrogen (secondary N) is 2. The number of allylic oxidation sites excluding steroid dienone is 5. The van der Waals surface area contributed by atoms with E-state index in [9.17, 15) is 5.26 Å². The van der Waals surface area contributed by atoms with Crippen LogP contribution in [-0.2, 0) is 5.54 Å². The van der Waals surface area contributed by atoms with Crippen molar-refractivity contribution in [3.63, 3.8) is 0 Å². The number of nitriles is 1. The summed E-state index contributed by atoms with van der Waals surface area (Å²) in [6.45, 7) is 2.12. The summed E-state index contributed by atoms with van der Waals surface area (Å²) in [5, 5.41) is 17.1. The fourth-order valence-electron chi connectivity index (χ4n) is 3.69. The number of fused-ring (bicyclic) bond motifs is 1. The normalized spacial score (nSPS) is 20.7. The molecule has 0 aromatic heterocycles. The van der Waals surface area contributed by atoms with E-state index >= 15 is 0 Å². The largest absolute Gasteiger partial charge is 0.352 e. The first kappa shape index (κ1) is 17.1. The van der Waals surface area contributed by atoms with Crippen molar-refractivity contribution in [3.8, 4) is 6.07 Å². The van der Waals surface area contributed by atoms with Crippen LogP contribution in [0.15, 0.2) is 108 Å². The molecule has 3 nitrogen and oxygen atoms in total. The minimum Gasteiger partial charge on any atom is -0.352 e. The van der Waals surface area contributed by atoms with E-state index in [4.69, 9.17) is 0 Å². The molecule has 1 aliphatic carbocycles. The Balaban J connectivity index is 1.80. The zero-order chi connectivity index (χ0) is 18.7. The molecule has 1 heterocycles. The van der Waals surface area contributed by atoms with E-state index in [-0.39, 0.29) is 0 Å². The molecule has 0 saturated carbocycles. The zero-order valence-electron chi connectivity index (χ0n) is 15.2. The summed E-state index contributed by atoms with van der Waals surface area (Å²) in [5.74, 6) is 0. The molecule has 3 heteroatoms. The van der Waals surface area contributed by atoms with Gasteiger partial charge in [0, 0.05) is 5.70 Å². The standard InChI is InChI=1S/C24H21N3/c1-23(20-12-6-3-7-13-20,21-14-8-4-9-15-21)27-24(18-25)17-19-11-5-2-10-16-22(19)26-24/h2-17,26-27H,1H3. The van der Waals surface area contributed by atoms with Crippen molar-refractivity contribution in [2.24, 2.45) is 0 Å². The summed E-state index contributed by atoms with van der Waals surface area (Å²) in [5.41, 5.74) is 2.60. The van der Waals surface area contributed by atoms with Crippen molar-refractivity contribution in [1.29, 1.82) is 5.26 Å². The molecule has 0 saturated heterocycles. The van der Waals surface area contributed by atoms with Crippen LogP contribution in [0.2, 0.25) is 0 Å². The van der Waals surface area contributed by atoms with E-state index in [1.807, 2.05) is 72.9 Å². The second kappa shape index (κ2) is 6.75. The van der Waals surface area contributed by atoms with Gasteiger partial charge in [-0.25, -0.2) is 0 Å². The first-order valence-electron chi connectivity index (χ1n) is 9.03. The number of nitrogens with zero attached hydrogens (tertiary/aromatic N) is 1. The predicted molar refractivity (Wildman–Crippen MR) is 108 cm³/mol. The lowest BCUT2D eigenvalue weighted by atomic mass is 9.83. The van der Waals surface area contributed by atoms with Crippen molar-refractivity contribution >= 4 is 0 Å². The van der Waals surface area contributed by atoms with Crippen molar-refractivity contribution < 1.29 is 0 Å². The first-order valence-corrected chi connectivity index (χ1v) is 9.03. The molecule has 1 unspecified atom stereocenters. The van der Waals surface area contributed by atoms with Crippen LogP contribution >= 0.6 is 0 Å². The molecule has 2 N–H and O–H groups in total. The lowest BCUT2D eigenvalue weighted by Gasteiger charge is -2.38. The van der Waals surface area contributed by atoms with Crippen LogP contribution in [0.5, 0.6) is 0 Å². The van der Waals surface area contributed by atoms with Gasteiger partial charge in [-0.15, -0.1) is 0 Å². The second-order valence-electron chi connectivity index (χ2n) is 6.95. The number of hydrogen-bond donors (Lipinski definition) is 2. The maximum atomic E-state index is 10.1. The average molecular weight is 351 g/mol. The molecule has 0 radical (unpaired) electrons. The SMILES string of the molecule is CC(NC1(C#N)C=C2C=CC=CC=C2N1)(c1ccccc1)c1ccccc1. The summed E-state index contributed by atoms with van der Waals surface area (Å²) in [4.78, 5) is 0. The van der Waals surface area contributed by atoms with Crippen LogP contribution in [0.25, 0.3) is 0 Å². The molecule has 2 aromatic carbocycles. The summed E-state index contributed by atoms with van der Waals surface area (Å²) in [6.07, 6.45) is 11.9. The minimum atomic E-state index is -1.00. The van der Waals surface area contributed by atoms with Gasteiger partial charge in [0.05, 0.1) is 5.54 Å². The Morgan fingerprint density at radius 1 is 0.926 bits per heavy atom. The Morgan fingerprint density at radius 2 is 1.56 bits per heavy atom. The predicted octanol–water partition coefficient (Wildman–Crippen LogP) is 4.30. The van der Waals surface area contributed by atoms with E-state index in [1.165, 1.54) is 0 Å². The summed E-state index contributed by atoms with van der Waals surface area (Å²) < 4.78 is 0. The third kappa shape index (κ3) is 3.12. The fourth-order valence-corrected chi connectivity index (χ4v) is 3.69. The van der Waals surface area contributed by atoms with Crippen LogP contribution in [0.3, 0.4) is 0 Å². The van der Waals surface area contributed by atoms with Crippen LogP contribution in [0.1, 0.15) is 18.1 Å². The lowest BCUT2D eigenvalue weighted by Crippen LogP contribution is -2.59. The molecule has 0 spiro atoms. The maximum absolute atomic E-state index is 10.1. The highest BCUT2D eigenvalue weighted by Gasteiger charge is 2.42. The monoisotopic (exact) mass is 351 g/mol. The van der Waals surface area contributed by atoms with Crippen LogP contribution in [-0.4, -0.2) is 5.66 Å². The highest BCUT2D eigenvalue weighted by Crippen LogP contribution is 2.34. The van der Waals surface area contributed by atoms with Crippen molar-refractivity contribution in [1.82, 2.24) is 10.6 Å². The van der Waals surface area contributed by atoms with Crippen LogP contribution < -0.4 is 10.6 Å². The van der Waals surface area contributed by atoms with Gasteiger partial charge in [0.15, 0.2) is 5.66 Å². The number of hydrogen-bond acceptors (Lipinski definition) is 3. The van der Waals surface area contributed by atoms with Gasteiger partial charge >= 0.3 is 0 Å². The smallest absolute Gasteiger partial charge is 0.199 e. The molecule has 132 valence electrons.